The first kappa shape index (κ1) is 16.7. The van der Waals surface area contributed by atoms with E-state index in [1.807, 2.05) is 57.2 Å². The molecule has 3 aromatic rings. The number of aryl methyl sites for hydroxylation is 4. The Hall–Kier alpha value is -3.15. The van der Waals surface area contributed by atoms with Crippen LogP contribution in [0.3, 0.4) is 0 Å². The highest BCUT2D eigenvalue weighted by Crippen LogP contribution is 2.23. The maximum absolute atomic E-state index is 12.6. The van der Waals surface area contributed by atoms with E-state index < -0.39 is 0 Å². The van der Waals surface area contributed by atoms with Crippen LogP contribution in [0.4, 0.5) is 17.2 Å². The van der Waals surface area contributed by atoms with Crippen LogP contribution in [0.25, 0.3) is 0 Å². The minimum absolute atomic E-state index is 0.223. The summed E-state index contributed by atoms with van der Waals surface area (Å²) in [6, 6.07) is 11.9. The van der Waals surface area contributed by atoms with Crippen molar-refractivity contribution < 1.29 is 4.79 Å². The summed E-state index contributed by atoms with van der Waals surface area (Å²) in [5.41, 5.74) is 6.25. The number of hydrogen-bond donors (Lipinski definition) is 3. The number of nitrogens with one attached hydrogen (secondary N) is 3. The van der Waals surface area contributed by atoms with E-state index in [0.717, 1.165) is 28.1 Å². The van der Waals surface area contributed by atoms with Crippen LogP contribution in [0.15, 0.2) is 36.4 Å². The molecule has 0 spiro atoms. The van der Waals surface area contributed by atoms with Crippen LogP contribution in [0.5, 0.6) is 0 Å². The first-order valence-electron chi connectivity index (χ1n) is 8.08. The van der Waals surface area contributed by atoms with E-state index in [1.54, 1.807) is 0 Å². The van der Waals surface area contributed by atoms with Crippen molar-refractivity contribution >= 4 is 23.1 Å². The normalized spacial score (nSPS) is 10.6. The highest BCUT2D eigenvalue weighted by atomic mass is 16.2. The lowest BCUT2D eigenvalue weighted by molar-refractivity contribution is 0.102. The minimum atomic E-state index is -0.308. The van der Waals surface area contributed by atoms with Crippen molar-refractivity contribution in [3.63, 3.8) is 0 Å². The Morgan fingerprint density at radius 3 is 2.32 bits per heavy atom. The molecule has 1 amide bonds. The summed E-state index contributed by atoms with van der Waals surface area (Å²) < 4.78 is 0. The number of rotatable bonds is 4. The van der Waals surface area contributed by atoms with Gasteiger partial charge in [-0.1, -0.05) is 24.3 Å². The fourth-order valence-electron chi connectivity index (χ4n) is 2.62. The maximum atomic E-state index is 12.6. The van der Waals surface area contributed by atoms with Gasteiger partial charge in [0.1, 0.15) is 0 Å². The van der Waals surface area contributed by atoms with Crippen LogP contribution in [0.1, 0.15) is 32.7 Å². The molecule has 0 saturated heterocycles. The molecular weight excluding hydrogens is 314 g/mol. The molecule has 0 aliphatic carbocycles. The molecule has 1 aromatic heterocycles. The lowest BCUT2D eigenvalue weighted by atomic mass is 10.1. The van der Waals surface area contributed by atoms with E-state index in [9.17, 15) is 4.79 Å². The summed E-state index contributed by atoms with van der Waals surface area (Å²) in [6.45, 7) is 8.01. The number of amides is 1. The second-order valence-corrected chi connectivity index (χ2v) is 6.17. The average molecular weight is 335 g/mol. The molecule has 0 radical (unpaired) electrons. The van der Waals surface area contributed by atoms with Gasteiger partial charge in [-0.15, -0.1) is 10.2 Å². The Morgan fingerprint density at radius 1 is 0.920 bits per heavy atom. The van der Waals surface area contributed by atoms with Crippen LogP contribution < -0.4 is 10.6 Å². The molecule has 0 aliphatic rings. The summed E-state index contributed by atoms with van der Waals surface area (Å²) in [5.74, 6) is 0.0875. The first-order valence-corrected chi connectivity index (χ1v) is 8.08. The number of anilines is 3. The monoisotopic (exact) mass is 335 g/mol. The quantitative estimate of drug-likeness (QED) is 0.672. The number of aromatic amines is 1. The van der Waals surface area contributed by atoms with Crippen molar-refractivity contribution in [2.45, 2.75) is 27.7 Å². The zero-order chi connectivity index (χ0) is 18.0. The summed E-state index contributed by atoms with van der Waals surface area (Å²) >= 11 is 0. The zero-order valence-corrected chi connectivity index (χ0v) is 14.8. The van der Waals surface area contributed by atoms with Crippen LogP contribution in [-0.4, -0.2) is 21.3 Å². The van der Waals surface area contributed by atoms with Crippen LogP contribution in [-0.2, 0) is 0 Å². The molecule has 0 atom stereocenters. The van der Waals surface area contributed by atoms with Gasteiger partial charge in [0, 0.05) is 11.4 Å². The second kappa shape index (κ2) is 6.76. The largest absolute Gasteiger partial charge is 0.337 e. The second-order valence-electron chi connectivity index (χ2n) is 6.17. The van der Waals surface area contributed by atoms with Gasteiger partial charge in [0.25, 0.3) is 5.91 Å². The van der Waals surface area contributed by atoms with Gasteiger partial charge in [0.15, 0.2) is 11.5 Å². The Balaban J connectivity index is 1.83. The maximum Gasteiger partial charge on any atom is 0.280 e. The predicted octanol–water partition coefficient (Wildman–Crippen LogP) is 4.03. The Morgan fingerprint density at radius 2 is 1.64 bits per heavy atom. The van der Waals surface area contributed by atoms with Gasteiger partial charge < -0.3 is 10.6 Å². The number of aromatic nitrogens is 3. The molecule has 3 rings (SSSR count). The predicted molar refractivity (Wildman–Crippen MR) is 99.5 cm³/mol. The fraction of sp³-hybridized carbons (Fsp3) is 0.211. The molecule has 128 valence electrons. The Labute approximate surface area is 146 Å². The standard InChI is InChI=1S/C19H21N5O/c1-11-8-9-15(10-14(11)4)20-18-17(22-24-23-18)19(25)21-16-12(2)6-5-7-13(16)3/h5-10H,1-4H3,(H,21,25)(H2,20,22,23,24). The van der Waals surface area contributed by atoms with Gasteiger partial charge in [-0.05, 0) is 62.1 Å². The van der Waals surface area contributed by atoms with E-state index in [1.165, 1.54) is 5.56 Å². The molecule has 3 N–H and O–H groups in total. The van der Waals surface area contributed by atoms with Crippen molar-refractivity contribution in [2.75, 3.05) is 10.6 Å². The summed E-state index contributed by atoms with van der Waals surface area (Å²) in [7, 11) is 0. The number of carbonyl (C=O) groups is 1. The third-order valence-electron chi connectivity index (χ3n) is 4.25. The van der Waals surface area contributed by atoms with Gasteiger partial charge in [0.05, 0.1) is 0 Å². The number of nitrogens with zero attached hydrogens (tertiary/aromatic N) is 2. The van der Waals surface area contributed by atoms with Gasteiger partial charge in [-0.2, -0.15) is 5.21 Å². The van der Waals surface area contributed by atoms with E-state index in [-0.39, 0.29) is 11.6 Å². The molecule has 0 unspecified atom stereocenters. The van der Waals surface area contributed by atoms with Gasteiger partial charge in [-0.25, -0.2) is 0 Å². The minimum Gasteiger partial charge on any atom is -0.337 e. The van der Waals surface area contributed by atoms with Gasteiger partial charge in [-0.3, -0.25) is 4.79 Å². The van der Waals surface area contributed by atoms with Gasteiger partial charge >= 0.3 is 0 Å². The highest BCUT2D eigenvalue weighted by Gasteiger charge is 2.18. The molecule has 0 bridgehead atoms. The summed E-state index contributed by atoms with van der Waals surface area (Å²) in [6.07, 6.45) is 0. The van der Waals surface area contributed by atoms with Crippen molar-refractivity contribution in [3.8, 4) is 0 Å². The van der Waals surface area contributed by atoms with Crippen molar-refractivity contribution in [1.29, 1.82) is 0 Å². The number of benzene rings is 2. The third kappa shape index (κ3) is 3.52. The van der Waals surface area contributed by atoms with E-state index in [0.29, 0.717) is 5.82 Å². The van der Waals surface area contributed by atoms with Crippen LogP contribution in [0.2, 0.25) is 0 Å². The Bertz CT molecular complexity index is 909. The van der Waals surface area contributed by atoms with E-state index in [4.69, 9.17) is 0 Å². The fourth-order valence-corrected chi connectivity index (χ4v) is 2.62. The van der Waals surface area contributed by atoms with Gasteiger partial charge in [0.2, 0.25) is 0 Å². The molecule has 0 saturated carbocycles. The molecule has 25 heavy (non-hydrogen) atoms. The van der Waals surface area contributed by atoms with E-state index in [2.05, 4.69) is 33.0 Å². The third-order valence-corrected chi connectivity index (χ3v) is 4.25. The summed E-state index contributed by atoms with van der Waals surface area (Å²) in [5, 5.41) is 16.7. The number of H-pyrrole nitrogens is 1. The molecule has 1 heterocycles. The SMILES string of the molecule is Cc1ccc(Nc2n[nH]nc2C(=O)Nc2c(C)cccc2C)cc1C. The van der Waals surface area contributed by atoms with Crippen LogP contribution >= 0.6 is 0 Å². The van der Waals surface area contributed by atoms with Crippen molar-refractivity contribution in [3.05, 3.63) is 64.3 Å². The van der Waals surface area contributed by atoms with Crippen LogP contribution in [0, 0.1) is 27.7 Å². The smallest absolute Gasteiger partial charge is 0.280 e. The molecule has 0 fully saturated rings. The number of para-hydroxylation sites is 1. The molecular formula is C19H21N5O. The molecule has 2 aromatic carbocycles. The summed E-state index contributed by atoms with van der Waals surface area (Å²) in [4.78, 5) is 12.6. The molecule has 0 aliphatic heterocycles. The van der Waals surface area contributed by atoms with Crippen molar-refractivity contribution in [1.82, 2.24) is 15.4 Å². The topological polar surface area (TPSA) is 82.7 Å². The first-order chi connectivity index (χ1) is 12.0. The average Bonchev–Trinajstić information content (AvgIpc) is 3.03. The Kier molecular flexibility index (Phi) is 4.52. The highest BCUT2D eigenvalue weighted by molar-refractivity contribution is 6.06. The van der Waals surface area contributed by atoms with Crippen molar-refractivity contribution in [2.24, 2.45) is 0 Å². The lowest BCUT2D eigenvalue weighted by Gasteiger charge is -2.11. The number of hydrogen-bond acceptors (Lipinski definition) is 4. The number of carbonyl (C=O) groups excluding carboxylic acids is 1. The molecule has 6 nitrogen and oxygen atoms in total. The van der Waals surface area contributed by atoms with E-state index >= 15 is 0 Å². The zero-order valence-electron chi connectivity index (χ0n) is 14.8. The lowest BCUT2D eigenvalue weighted by Crippen LogP contribution is -2.16. The molecule has 6 heteroatoms.